The lowest BCUT2D eigenvalue weighted by Gasteiger charge is -2.28. The Bertz CT molecular complexity index is 1320. The van der Waals surface area contributed by atoms with Gasteiger partial charge < -0.3 is 15.1 Å². The zero-order valence-electron chi connectivity index (χ0n) is 20.9. The average Bonchev–Trinajstić information content (AvgIpc) is 3.36. The van der Waals surface area contributed by atoms with Gasteiger partial charge in [-0.3, -0.25) is 4.79 Å². The molecule has 2 fully saturated rings. The maximum Gasteiger partial charge on any atom is 0.227 e. The molecule has 4 heterocycles. The number of ketones is 1. The fourth-order valence-corrected chi connectivity index (χ4v) is 4.97. The summed E-state index contributed by atoms with van der Waals surface area (Å²) in [4.78, 5) is 30.4. The van der Waals surface area contributed by atoms with E-state index in [9.17, 15) is 14.4 Å². The minimum atomic E-state index is -0.897. The molecule has 5 rings (SSSR count). The Morgan fingerprint density at radius 1 is 1.16 bits per heavy atom. The lowest BCUT2D eigenvalue weighted by Crippen LogP contribution is -2.31. The zero-order chi connectivity index (χ0) is 25.8. The van der Waals surface area contributed by atoms with Crippen LogP contribution in [0.4, 0.5) is 21.8 Å². The van der Waals surface area contributed by atoms with Crippen LogP contribution in [0.15, 0.2) is 48.8 Å². The van der Waals surface area contributed by atoms with Gasteiger partial charge in [0.05, 0.1) is 17.8 Å². The van der Waals surface area contributed by atoms with Gasteiger partial charge in [0, 0.05) is 42.2 Å². The molecule has 37 heavy (non-hydrogen) atoms. The number of nitrogens with zero attached hydrogens (tertiary/aromatic N) is 6. The number of anilines is 3. The van der Waals surface area contributed by atoms with Crippen molar-refractivity contribution in [3.05, 3.63) is 59.9 Å². The van der Waals surface area contributed by atoms with Crippen LogP contribution in [0.3, 0.4) is 0 Å². The van der Waals surface area contributed by atoms with Gasteiger partial charge in [0.2, 0.25) is 5.95 Å². The molecule has 2 aliphatic rings. The molecular formula is C28H30FN7O. The zero-order valence-corrected chi connectivity index (χ0v) is 20.9. The lowest BCUT2D eigenvalue weighted by atomic mass is 9.90. The minimum Gasteiger partial charge on any atom is -0.352 e. The van der Waals surface area contributed by atoms with E-state index in [0.717, 1.165) is 31.6 Å². The summed E-state index contributed by atoms with van der Waals surface area (Å²) in [6, 6.07) is 13.1. The topological polar surface area (TPSA) is 98.0 Å². The first-order chi connectivity index (χ1) is 18.0. The molecule has 0 amide bonds. The standard InChI is InChI=1S/C28H30FN7O/c1-35-10-6-19(7-11-35)13-26(37)20-3-2-4-24(15-20)33-28-31-9-5-25(34-28)22-14-21(16-30)27(32-17-22)36-12-8-23(29)18-36/h2-5,9,14-15,17,19,23H,6-8,10-13,18H2,1H3,(H,31,33,34)/t23-/m0/s1. The maximum absolute atomic E-state index is 13.7. The number of nitrogens with one attached hydrogen (secondary N) is 1. The Hall–Kier alpha value is -3.90. The number of hydrogen-bond donors (Lipinski definition) is 1. The van der Waals surface area contributed by atoms with Crippen molar-refractivity contribution in [3.8, 4) is 17.3 Å². The van der Waals surface area contributed by atoms with Crippen molar-refractivity contribution in [3.63, 3.8) is 0 Å². The summed E-state index contributed by atoms with van der Waals surface area (Å²) in [6.07, 6.45) is 5.50. The number of benzene rings is 1. The normalized spacial score (nSPS) is 18.5. The van der Waals surface area contributed by atoms with Gasteiger partial charge in [-0.1, -0.05) is 12.1 Å². The van der Waals surface area contributed by atoms with Crippen LogP contribution in [0.5, 0.6) is 0 Å². The largest absolute Gasteiger partial charge is 0.352 e. The quantitative estimate of drug-likeness (QED) is 0.471. The van der Waals surface area contributed by atoms with Crippen LogP contribution in [-0.2, 0) is 0 Å². The lowest BCUT2D eigenvalue weighted by molar-refractivity contribution is 0.0936. The molecule has 1 N–H and O–H groups in total. The predicted molar refractivity (Wildman–Crippen MR) is 141 cm³/mol. The molecule has 0 aliphatic carbocycles. The summed E-state index contributed by atoms with van der Waals surface area (Å²) >= 11 is 0. The second kappa shape index (κ2) is 11.0. The van der Waals surface area contributed by atoms with Gasteiger partial charge >= 0.3 is 0 Å². The average molecular weight is 500 g/mol. The first kappa shape index (κ1) is 24.8. The molecule has 0 unspecified atom stereocenters. The molecule has 190 valence electrons. The van der Waals surface area contributed by atoms with E-state index in [4.69, 9.17) is 0 Å². The van der Waals surface area contributed by atoms with E-state index in [1.807, 2.05) is 24.3 Å². The summed E-state index contributed by atoms with van der Waals surface area (Å²) in [5.74, 6) is 1.46. The molecule has 8 nitrogen and oxygen atoms in total. The number of carbonyl (C=O) groups is 1. The van der Waals surface area contributed by atoms with E-state index in [1.165, 1.54) is 0 Å². The Kier molecular flexibility index (Phi) is 7.37. The number of pyridine rings is 1. The van der Waals surface area contributed by atoms with Crippen molar-refractivity contribution in [2.75, 3.05) is 43.4 Å². The highest BCUT2D eigenvalue weighted by Gasteiger charge is 2.25. The summed E-state index contributed by atoms with van der Waals surface area (Å²) in [5.41, 5.74) is 3.06. The third-order valence-corrected chi connectivity index (χ3v) is 7.12. The van der Waals surface area contributed by atoms with Crippen LogP contribution < -0.4 is 10.2 Å². The Labute approximate surface area is 216 Å². The molecule has 9 heteroatoms. The van der Waals surface area contributed by atoms with Crippen LogP contribution >= 0.6 is 0 Å². The number of nitriles is 1. The van der Waals surface area contributed by atoms with Gasteiger partial charge in [0.25, 0.3) is 0 Å². The van der Waals surface area contributed by atoms with Gasteiger partial charge in [0.1, 0.15) is 18.1 Å². The summed E-state index contributed by atoms with van der Waals surface area (Å²) in [5, 5.41) is 12.9. The van der Waals surface area contributed by atoms with Crippen molar-refractivity contribution in [2.45, 2.75) is 31.9 Å². The van der Waals surface area contributed by atoms with Crippen LogP contribution in [0.2, 0.25) is 0 Å². The molecule has 2 aromatic heterocycles. The number of aromatic nitrogens is 3. The predicted octanol–water partition coefficient (Wildman–Crippen LogP) is 4.62. The minimum absolute atomic E-state index is 0.153. The van der Waals surface area contributed by atoms with E-state index < -0.39 is 6.17 Å². The van der Waals surface area contributed by atoms with Crippen LogP contribution in [0.25, 0.3) is 11.3 Å². The van der Waals surface area contributed by atoms with Crippen molar-refractivity contribution in [1.82, 2.24) is 19.9 Å². The molecule has 1 aromatic carbocycles. The van der Waals surface area contributed by atoms with Crippen molar-refractivity contribution < 1.29 is 9.18 Å². The van der Waals surface area contributed by atoms with E-state index in [2.05, 4.69) is 38.3 Å². The fraction of sp³-hybridized carbons (Fsp3) is 0.393. The number of hydrogen-bond acceptors (Lipinski definition) is 8. The Morgan fingerprint density at radius 2 is 2.00 bits per heavy atom. The van der Waals surface area contributed by atoms with Crippen molar-refractivity contribution in [1.29, 1.82) is 5.26 Å². The van der Waals surface area contributed by atoms with E-state index in [-0.39, 0.29) is 12.3 Å². The highest BCUT2D eigenvalue weighted by Crippen LogP contribution is 2.28. The molecule has 2 aliphatic heterocycles. The number of piperidine rings is 1. The van der Waals surface area contributed by atoms with Gasteiger partial charge in [-0.25, -0.2) is 19.3 Å². The molecular weight excluding hydrogens is 469 g/mol. The number of carbonyl (C=O) groups excluding carboxylic acids is 1. The molecule has 3 aromatic rings. The number of likely N-dealkylation sites (tertiary alicyclic amines) is 1. The van der Waals surface area contributed by atoms with Gasteiger partial charge in [-0.05, 0) is 69.6 Å². The summed E-state index contributed by atoms with van der Waals surface area (Å²) < 4.78 is 13.7. The molecule has 0 radical (unpaired) electrons. The van der Waals surface area contributed by atoms with Crippen LogP contribution in [-0.4, -0.2) is 65.0 Å². The number of rotatable bonds is 7. The van der Waals surface area contributed by atoms with Gasteiger partial charge in [-0.2, -0.15) is 5.26 Å². The molecule has 2 saturated heterocycles. The van der Waals surface area contributed by atoms with Crippen LogP contribution in [0, 0.1) is 17.2 Å². The highest BCUT2D eigenvalue weighted by molar-refractivity contribution is 5.97. The van der Waals surface area contributed by atoms with Crippen molar-refractivity contribution >= 4 is 23.2 Å². The maximum atomic E-state index is 13.7. The summed E-state index contributed by atoms with van der Waals surface area (Å²) in [7, 11) is 2.12. The first-order valence-corrected chi connectivity index (χ1v) is 12.7. The molecule has 0 saturated carbocycles. The second-order valence-corrected chi connectivity index (χ2v) is 9.88. The Morgan fingerprint density at radius 3 is 2.76 bits per heavy atom. The smallest absolute Gasteiger partial charge is 0.227 e. The SMILES string of the molecule is CN1CCC(CC(=O)c2cccc(Nc3nccc(-c4cnc(N5CC[C@H](F)C5)c(C#N)c4)n3)c2)CC1. The van der Waals surface area contributed by atoms with E-state index >= 15 is 0 Å². The first-order valence-electron chi connectivity index (χ1n) is 12.7. The molecule has 1 atom stereocenters. The van der Waals surface area contributed by atoms with Crippen LogP contribution in [0.1, 0.15) is 41.6 Å². The molecule has 0 bridgehead atoms. The number of alkyl halides is 1. The number of halogens is 1. The Balaban J connectivity index is 1.29. The third-order valence-electron chi connectivity index (χ3n) is 7.12. The second-order valence-electron chi connectivity index (χ2n) is 9.88. The van der Waals surface area contributed by atoms with E-state index in [1.54, 1.807) is 29.4 Å². The summed E-state index contributed by atoms with van der Waals surface area (Å²) in [6.45, 7) is 2.88. The molecule has 0 spiro atoms. The fourth-order valence-electron chi connectivity index (χ4n) is 4.97. The monoisotopic (exact) mass is 499 g/mol. The van der Waals surface area contributed by atoms with E-state index in [0.29, 0.717) is 59.5 Å². The third kappa shape index (κ3) is 5.92. The van der Waals surface area contributed by atoms with Gasteiger partial charge in [0.15, 0.2) is 5.78 Å². The highest BCUT2D eigenvalue weighted by atomic mass is 19.1. The van der Waals surface area contributed by atoms with Gasteiger partial charge in [-0.15, -0.1) is 0 Å². The van der Waals surface area contributed by atoms with Crippen molar-refractivity contribution in [2.24, 2.45) is 5.92 Å². The number of Topliss-reactive ketones (excluding diaryl/α,β-unsaturated/α-hetero) is 1.